The van der Waals surface area contributed by atoms with E-state index >= 15 is 0 Å². The van der Waals surface area contributed by atoms with E-state index in [1.54, 1.807) is 68.4 Å². The van der Waals surface area contributed by atoms with Crippen LogP contribution in [0.15, 0.2) is 54.6 Å². The maximum Gasteiger partial charge on any atom is 0.329 e. The van der Waals surface area contributed by atoms with Crippen LogP contribution in [0.1, 0.15) is 41.5 Å². The van der Waals surface area contributed by atoms with Crippen molar-refractivity contribution < 1.29 is 19.1 Å². The van der Waals surface area contributed by atoms with E-state index in [4.69, 9.17) is 16.3 Å². The number of hydrogen-bond donors (Lipinski definition) is 1. The molecule has 0 saturated heterocycles. The first kappa shape index (κ1) is 20.6. The SMILES string of the molecule is CC(OC(=O)[C@@H](NC(=O)c1ccccc1Cl)C(C)C)C(=O)c1ccccc1. The Morgan fingerprint density at radius 1 is 0.926 bits per heavy atom. The Kier molecular flexibility index (Phi) is 7.13. The number of halogens is 1. The highest BCUT2D eigenvalue weighted by molar-refractivity contribution is 6.33. The van der Waals surface area contributed by atoms with E-state index in [2.05, 4.69) is 5.32 Å². The molecular weight excluding hydrogens is 366 g/mol. The molecule has 2 atom stereocenters. The molecule has 1 amide bonds. The van der Waals surface area contributed by atoms with Gasteiger partial charge in [-0.05, 0) is 25.0 Å². The van der Waals surface area contributed by atoms with Crippen molar-refractivity contribution >= 4 is 29.3 Å². The lowest BCUT2D eigenvalue weighted by Gasteiger charge is -2.23. The average molecular weight is 388 g/mol. The standard InChI is InChI=1S/C21H22ClNO4/c1-13(2)18(23-20(25)16-11-7-8-12-17(16)22)21(26)27-14(3)19(24)15-9-5-4-6-10-15/h4-14,18H,1-3H3,(H,23,25)/t14?,18-/m0/s1. The van der Waals surface area contributed by atoms with E-state index in [9.17, 15) is 14.4 Å². The molecule has 0 bridgehead atoms. The van der Waals surface area contributed by atoms with Crippen LogP contribution >= 0.6 is 11.6 Å². The minimum Gasteiger partial charge on any atom is -0.453 e. The molecule has 0 spiro atoms. The third kappa shape index (κ3) is 5.41. The van der Waals surface area contributed by atoms with Crippen LogP contribution in [0.25, 0.3) is 0 Å². The van der Waals surface area contributed by atoms with Gasteiger partial charge in [-0.1, -0.05) is 67.9 Å². The summed E-state index contributed by atoms with van der Waals surface area (Å²) in [4.78, 5) is 37.4. The number of hydrogen-bond acceptors (Lipinski definition) is 4. The largest absolute Gasteiger partial charge is 0.453 e. The molecule has 0 radical (unpaired) electrons. The van der Waals surface area contributed by atoms with E-state index in [-0.39, 0.29) is 17.3 Å². The summed E-state index contributed by atoms with van der Waals surface area (Å²) in [6.07, 6.45) is -0.960. The molecule has 2 aromatic carbocycles. The van der Waals surface area contributed by atoms with Gasteiger partial charge in [0.15, 0.2) is 6.10 Å². The van der Waals surface area contributed by atoms with Crippen molar-refractivity contribution in [2.75, 3.05) is 0 Å². The summed E-state index contributed by atoms with van der Waals surface area (Å²) in [7, 11) is 0. The van der Waals surface area contributed by atoms with Gasteiger partial charge < -0.3 is 10.1 Å². The molecule has 0 aliphatic rings. The number of benzene rings is 2. The predicted octanol–water partition coefficient (Wildman–Crippen LogP) is 3.91. The highest BCUT2D eigenvalue weighted by atomic mass is 35.5. The second kappa shape index (κ2) is 9.33. The fourth-order valence-corrected chi connectivity index (χ4v) is 2.72. The van der Waals surface area contributed by atoms with Crippen molar-refractivity contribution in [2.24, 2.45) is 5.92 Å². The Bertz CT molecular complexity index is 820. The lowest BCUT2D eigenvalue weighted by atomic mass is 10.0. The van der Waals surface area contributed by atoms with E-state index in [0.717, 1.165) is 0 Å². The molecule has 0 aromatic heterocycles. The van der Waals surface area contributed by atoms with Crippen LogP contribution in [0.5, 0.6) is 0 Å². The lowest BCUT2D eigenvalue weighted by molar-refractivity contribution is -0.149. The monoisotopic (exact) mass is 387 g/mol. The summed E-state index contributed by atoms with van der Waals surface area (Å²) < 4.78 is 5.32. The number of carbonyl (C=O) groups is 3. The van der Waals surface area contributed by atoms with Crippen LogP contribution in [-0.4, -0.2) is 29.8 Å². The maximum absolute atomic E-state index is 12.6. The molecule has 2 aromatic rings. The van der Waals surface area contributed by atoms with Crippen molar-refractivity contribution in [1.29, 1.82) is 0 Å². The quantitative estimate of drug-likeness (QED) is 0.577. The van der Waals surface area contributed by atoms with E-state index < -0.39 is 24.0 Å². The number of nitrogens with one attached hydrogen (secondary N) is 1. The van der Waals surface area contributed by atoms with Crippen molar-refractivity contribution in [3.63, 3.8) is 0 Å². The van der Waals surface area contributed by atoms with Crippen LogP contribution in [0.2, 0.25) is 5.02 Å². The highest BCUT2D eigenvalue weighted by Crippen LogP contribution is 2.16. The summed E-state index contributed by atoms with van der Waals surface area (Å²) in [5, 5.41) is 2.94. The Hall–Kier alpha value is -2.66. The third-order valence-electron chi connectivity index (χ3n) is 4.05. The first-order valence-electron chi connectivity index (χ1n) is 8.66. The minimum atomic E-state index is -0.960. The first-order valence-corrected chi connectivity index (χ1v) is 9.04. The molecule has 0 saturated carbocycles. The number of ether oxygens (including phenoxy) is 1. The molecule has 1 N–H and O–H groups in total. The summed E-state index contributed by atoms with van der Waals surface area (Å²) in [5.74, 6) is -1.67. The molecule has 0 fully saturated rings. The number of Topliss-reactive ketones (excluding diaryl/α,β-unsaturated/α-hetero) is 1. The smallest absolute Gasteiger partial charge is 0.329 e. The predicted molar refractivity (Wildman–Crippen MR) is 104 cm³/mol. The lowest BCUT2D eigenvalue weighted by Crippen LogP contribution is -2.46. The zero-order chi connectivity index (χ0) is 20.0. The van der Waals surface area contributed by atoms with Crippen LogP contribution in [0, 0.1) is 5.92 Å². The summed E-state index contributed by atoms with van der Waals surface area (Å²) in [5.41, 5.74) is 0.727. The van der Waals surface area contributed by atoms with Gasteiger partial charge in [-0.3, -0.25) is 9.59 Å². The molecule has 6 heteroatoms. The van der Waals surface area contributed by atoms with Gasteiger partial charge in [0, 0.05) is 5.56 Å². The molecular formula is C21H22ClNO4. The van der Waals surface area contributed by atoms with E-state index in [1.807, 2.05) is 0 Å². The van der Waals surface area contributed by atoms with Gasteiger partial charge >= 0.3 is 5.97 Å². The molecule has 2 rings (SSSR count). The normalized spacial score (nSPS) is 12.9. The summed E-state index contributed by atoms with van der Waals surface area (Å²) in [6.45, 7) is 5.07. The maximum atomic E-state index is 12.6. The molecule has 27 heavy (non-hydrogen) atoms. The number of ketones is 1. The van der Waals surface area contributed by atoms with Crippen LogP contribution in [0.3, 0.4) is 0 Å². The number of esters is 1. The van der Waals surface area contributed by atoms with Crippen molar-refractivity contribution in [2.45, 2.75) is 32.9 Å². The molecule has 0 aliphatic carbocycles. The van der Waals surface area contributed by atoms with Crippen molar-refractivity contribution in [3.8, 4) is 0 Å². The fourth-order valence-electron chi connectivity index (χ4n) is 2.50. The topological polar surface area (TPSA) is 72.5 Å². The second-order valence-corrected chi connectivity index (χ2v) is 6.89. The Morgan fingerprint density at radius 2 is 1.52 bits per heavy atom. The number of rotatable bonds is 7. The van der Waals surface area contributed by atoms with Crippen molar-refractivity contribution in [3.05, 3.63) is 70.7 Å². The first-order chi connectivity index (χ1) is 12.8. The zero-order valence-electron chi connectivity index (χ0n) is 15.4. The number of carbonyl (C=O) groups excluding carboxylic acids is 3. The second-order valence-electron chi connectivity index (χ2n) is 6.48. The molecule has 0 heterocycles. The van der Waals surface area contributed by atoms with E-state index in [1.165, 1.54) is 6.92 Å². The van der Waals surface area contributed by atoms with Crippen LogP contribution < -0.4 is 5.32 Å². The fraction of sp³-hybridized carbons (Fsp3) is 0.286. The van der Waals surface area contributed by atoms with Gasteiger partial charge in [0.1, 0.15) is 6.04 Å². The minimum absolute atomic E-state index is 0.233. The van der Waals surface area contributed by atoms with Gasteiger partial charge in [-0.2, -0.15) is 0 Å². The van der Waals surface area contributed by atoms with Crippen LogP contribution in [0.4, 0.5) is 0 Å². The third-order valence-corrected chi connectivity index (χ3v) is 4.38. The molecule has 5 nitrogen and oxygen atoms in total. The van der Waals surface area contributed by atoms with Gasteiger partial charge in [0.25, 0.3) is 5.91 Å². The van der Waals surface area contributed by atoms with Gasteiger partial charge in [-0.25, -0.2) is 4.79 Å². The highest BCUT2D eigenvalue weighted by Gasteiger charge is 2.29. The molecule has 0 aliphatic heterocycles. The summed E-state index contributed by atoms with van der Waals surface area (Å²) >= 11 is 6.03. The van der Waals surface area contributed by atoms with Gasteiger partial charge in [0.2, 0.25) is 5.78 Å². The average Bonchev–Trinajstić information content (AvgIpc) is 2.65. The summed E-state index contributed by atoms with van der Waals surface area (Å²) in [6, 6.07) is 14.3. The number of amides is 1. The Labute approximate surface area is 163 Å². The Balaban J connectivity index is 2.07. The van der Waals surface area contributed by atoms with Crippen LogP contribution in [-0.2, 0) is 9.53 Å². The zero-order valence-corrected chi connectivity index (χ0v) is 16.2. The molecule has 142 valence electrons. The van der Waals surface area contributed by atoms with Crippen molar-refractivity contribution in [1.82, 2.24) is 5.32 Å². The van der Waals surface area contributed by atoms with E-state index in [0.29, 0.717) is 10.6 Å². The molecule has 1 unspecified atom stereocenters. The van der Waals surface area contributed by atoms with Gasteiger partial charge in [0.05, 0.1) is 10.6 Å². The van der Waals surface area contributed by atoms with Gasteiger partial charge in [-0.15, -0.1) is 0 Å². The Morgan fingerprint density at radius 3 is 2.11 bits per heavy atom.